The third kappa shape index (κ3) is 9.25. The predicted octanol–water partition coefficient (Wildman–Crippen LogP) is 2.14. The van der Waals surface area contributed by atoms with Crippen LogP contribution in [-0.4, -0.2) is 93.5 Å². The Balaban J connectivity index is 0.00000420. The molecule has 29 heavy (non-hydrogen) atoms. The van der Waals surface area contributed by atoms with Crippen molar-refractivity contribution in [2.24, 2.45) is 10.9 Å². The van der Waals surface area contributed by atoms with E-state index in [4.69, 9.17) is 9.47 Å². The zero-order chi connectivity index (χ0) is 20.4. The van der Waals surface area contributed by atoms with Gasteiger partial charge in [0.2, 0.25) is 0 Å². The first-order valence-electron chi connectivity index (χ1n) is 10.7. The largest absolute Gasteiger partial charge is 0.450 e. The topological polar surface area (TPSA) is 78.4 Å². The second kappa shape index (κ2) is 14.2. The zero-order valence-corrected chi connectivity index (χ0v) is 20.8. The highest BCUT2D eigenvalue weighted by atomic mass is 127. The normalized spacial score (nSPS) is 20.2. The minimum Gasteiger partial charge on any atom is -0.450 e. The number of rotatable bonds is 7. The molecule has 2 N–H and O–H groups in total. The lowest BCUT2D eigenvalue weighted by Crippen LogP contribution is -2.53. The van der Waals surface area contributed by atoms with E-state index in [2.05, 4.69) is 34.4 Å². The van der Waals surface area contributed by atoms with E-state index in [1.807, 2.05) is 14.0 Å². The van der Waals surface area contributed by atoms with Crippen LogP contribution >= 0.6 is 24.0 Å². The number of likely N-dealkylation sites (tertiary alicyclic amines) is 1. The van der Waals surface area contributed by atoms with Crippen LogP contribution in [0, 0.1) is 5.92 Å². The summed E-state index contributed by atoms with van der Waals surface area (Å²) in [6.07, 6.45) is 2.75. The number of halogens is 1. The summed E-state index contributed by atoms with van der Waals surface area (Å²) < 4.78 is 10.6. The van der Waals surface area contributed by atoms with E-state index in [9.17, 15) is 4.79 Å². The molecule has 0 aliphatic carbocycles. The Morgan fingerprint density at radius 2 is 1.86 bits per heavy atom. The molecule has 1 atom stereocenters. The maximum Gasteiger partial charge on any atom is 0.409 e. The van der Waals surface area contributed by atoms with E-state index in [1.165, 1.54) is 0 Å². The summed E-state index contributed by atoms with van der Waals surface area (Å²) in [6, 6.07) is 0.803. The van der Waals surface area contributed by atoms with Crippen LogP contribution in [0.2, 0.25) is 0 Å². The fourth-order valence-corrected chi connectivity index (χ4v) is 3.87. The van der Waals surface area contributed by atoms with Gasteiger partial charge in [0, 0.05) is 51.9 Å². The lowest BCUT2D eigenvalue weighted by atomic mass is 10.0. The Hall–Kier alpha value is -0.810. The molecule has 0 aromatic carbocycles. The van der Waals surface area contributed by atoms with Crippen molar-refractivity contribution < 1.29 is 14.3 Å². The number of aliphatic imine (C=N–C) groups is 1. The van der Waals surface area contributed by atoms with Crippen LogP contribution in [0.4, 0.5) is 4.79 Å². The van der Waals surface area contributed by atoms with Crippen LogP contribution < -0.4 is 10.6 Å². The molecule has 9 heteroatoms. The van der Waals surface area contributed by atoms with Gasteiger partial charge in [-0.15, -0.1) is 24.0 Å². The number of guanidine groups is 1. The van der Waals surface area contributed by atoms with E-state index < -0.39 is 0 Å². The molecular weight excluding hydrogens is 485 g/mol. The van der Waals surface area contributed by atoms with Gasteiger partial charge in [0.15, 0.2) is 5.96 Å². The highest BCUT2D eigenvalue weighted by Gasteiger charge is 2.25. The first-order chi connectivity index (χ1) is 13.5. The van der Waals surface area contributed by atoms with Gasteiger partial charge >= 0.3 is 6.09 Å². The minimum atomic E-state index is -0.203. The molecule has 2 rings (SSSR count). The number of hydrogen-bond acceptors (Lipinski definition) is 5. The molecule has 8 nitrogen and oxygen atoms in total. The Bertz CT molecular complexity index is 493. The van der Waals surface area contributed by atoms with Gasteiger partial charge < -0.3 is 25.0 Å². The summed E-state index contributed by atoms with van der Waals surface area (Å²) in [6.45, 7) is 12.8. The Kier molecular flexibility index (Phi) is 12.9. The molecule has 2 fully saturated rings. The van der Waals surface area contributed by atoms with Gasteiger partial charge in [-0.25, -0.2) is 4.79 Å². The van der Waals surface area contributed by atoms with E-state index in [0.29, 0.717) is 24.6 Å². The average Bonchev–Trinajstić information content (AvgIpc) is 2.71. The molecule has 2 saturated heterocycles. The standard InChI is InChI=1S/C20H39N5O3.HI/c1-5-28-20(26)25-8-6-17(7-9-25)23-19(21-4)22-15-18(14-16(2)3)24-10-12-27-13-11-24;/h16-18H,5-15H2,1-4H3,(H2,21,22,23);1H. The van der Waals surface area contributed by atoms with Crippen molar-refractivity contribution in [2.45, 2.75) is 52.1 Å². The minimum absolute atomic E-state index is 0. The number of nitrogens with zero attached hydrogens (tertiary/aromatic N) is 3. The van der Waals surface area contributed by atoms with Gasteiger partial charge in [0.25, 0.3) is 0 Å². The molecule has 1 amide bonds. The van der Waals surface area contributed by atoms with Crippen LogP contribution in [0.3, 0.4) is 0 Å². The summed E-state index contributed by atoms with van der Waals surface area (Å²) >= 11 is 0. The van der Waals surface area contributed by atoms with Crippen LogP contribution in [0.5, 0.6) is 0 Å². The molecule has 1 unspecified atom stereocenters. The number of morpholine rings is 1. The third-order valence-corrected chi connectivity index (χ3v) is 5.40. The summed E-state index contributed by atoms with van der Waals surface area (Å²) in [4.78, 5) is 20.6. The molecule has 0 saturated carbocycles. The summed E-state index contributed by atoms with van der Waals surface area (Å²) in [5, 5.41) is 7.05. The number of hydrogen-bond donors (Lipinski definition) is 2. The monoisotopic (exact) mass is 525 g/mol. The number of piperidine rings is 1. The third-order valence-electron chi connectivity index (χ3n) is 5.40. The fourth-order valence-electron chi connectivity index (χ4n) is 3.87. The number of amides is 1. The van der Waals surface area contributed by atoms with E-state index >= 15 is 0 Å². The van der Waals surface area contributed by atoms with Gasteiger partial charge in [-0.05, 0) is 32.1 Å². The van der Waals surface area contributed by atoms with Crippen LogP contribution in [0.25, 0.3) is 0 Å². The molecule has 0 bridgehead atoms. The number of nitrogens with one attached hydrogen (secondary N) is 2. The van der Waals surface area contributed by atoms with Crippen molar-refractivity contribution in [3.8, 4) is 0 Å². The zero-order valence-electron chi connectivity index (χ0n) is 18.5. The number of ether oxygens (including phenoxy) is 2. The summed E-state index contributed by atoms with van der Waals surface area (Å²) in [5.41, 5.74) is 0. The summed E-state index contributed by atoms with van der Waals surface area (Å²) in [5.74, 6) is 1.49. The van der Waals surface area contributed by atoms with Gasteiger partial charge in [0.05, 0.1) is 19.8 Å². The first-order valence-corrected chi connectivity index (χ1v) is 10.7. The van der Waals surface area contributed by atoms with Crippen molar-refractivity contribution in [1.29, 1.82) is 0 Å². The van der Waals surface area contributed by atoms with Gasteiger partial charge in [-0.3, -0.25) is 9.89 Å². The van der Waals surface area contributed by atoms with Crippen LogP contribution in [0.1, 0.15) is 40.0 Å². The van der Waals surface area contributed by atoms with Crippen molar-refractivity contribution in [3.05, 3.63) is 0 Å². The molecule has 2 heterocycles. The van der Waals surface area contributed by atoms with Gasteiger partial charge in [0.1, 0.15) is 0 Å². The first kappa shape index (κ1) is 26.2. The molecule has 0 spiro atoms. The number of carbonyl (C=O) groups is 1. The van der Waals surface area contributed by atoms with Gasteiger partial charge in [-0.1, -0.05) is 13.8 Å². The highest BCUT2D eigenvalue weighted by Crippen LogP contribution is 2.14. The van der Waals surface area contributed by atoms with Crippen LogP contribution in [0.15, 0.2) is 4.99 Å². The van der Waals surface area contributed by atoms with Gasteiger partial charge in [-0.2, -0.15) is 0 Å². The van der Waals surface area contributed by atoms with Crippen molar-refractivity contribution in [3.63, 3.8) is 0 Å². The maximum absolute atomic E-state index is 11.8. The van der Waals surface area contributed by atoms with E-state index in [-0.39, 0.29) is 30.1 Å². The molecule has 170 valence electrons. The lowest BCUT2D eigenvalue weighted by Gasteiger charge is -2.36. The summed E-state index contributed by atoms with van der Waals surface area (Å²) in [7, 11) is 1.81. The fraction of sp³-hybridized carbons (Fsp3) is 0.900. The Morgan fingerprint density at radius 3 is 2.41 bits per heavy atom. The molecule has 0 aromatic rings. The molecular formula is C20H40IN5O3. The molecule has 0 radical (unpaired) electrons. The molecule has 2 aliphatic rings. The molecule has 2 aliphatic heterocycles. The van der Waals surface area contributed by atoms with Crippen molar-refractivity contribution in [1.82, 2.24) is 20.4 Å². The highest BCUT2D eigenvalue weighted by molar-refractivity contribution is 14.0. The second-order valence-corrected chi connectivity index (χ2v) is 7.99. The van der Waals surface area contributed by atoms with Crippen molar-refractivity contribution >= 4 is 36.0 Å². The number of carbonyl (C=O) groups excluding carboxylic acids is 1. The second-order valence-electron chi connectivity index (χ2n) is 7.99. The Morgan fingerprint density at radius 1 is 1.21 bits per heavy atom. The van der Waals surface area contributed by atoms with Crippen molar-refractivity contribution in [2.75, 3.05) is 59.6 Å². The molecule has 0 aromatic heterocycles. The van der Waals surface area contributed by atoms with Crippen LogP contribution in [-0.2, 0) is 9.47 Å². The SMILES string of the molecule is CCOC(=O)N1CCC(NC(=NC)NCC(CC(C)C)N2CCOCC2)CC1.I. The van der Waals surface area contributed by atoms with E-state index in [1.54, 1.807) is 4.90 Å². The lowest BCUT2D eigenvalue weighted by molar-refractivity contribution is 0.0132. The maximum atomic E-state index is 11.8. The Labute approximate surface area is 193 Å². The smallest absolute Gasteiger partial charge is 0.409 e. The average molecular weight is 525 g/mol. The quantitative estimate of drug-likeness (QED) is 0.302. The van der Waals surface area contributed by atoms with E-state index in [0.717, 1.165) is 71.2 Å². The predicted molar refractivity (Wildman–Crippen MR) is 127 cm³/mol.